The second kappa shape index (κ2) is 12.3. The van der Waals surface area contributed by atoms with Crippen LogP contribution in [0.2, 0.25) is 0 Å². The molecule has 1 aromatic heterocycles. The Bertz CT molecular complexity index is 1330. The van der Waals surface area contributed by atoms with E-state index in [0.29, 0.717) is 11.4 Å². The maximum Gasteiger partial charge on any atom is 0.177 e. The highest BCUT2D eigenvalue weighted by Crippen LogP contribution is 2.29. The summed E-state index contributed by atoms with van der Waals surface area (Å²) >= 11 is 0. The van der Waals surface area contributed by atoms with Crippen LogP contribution >= 0.6 is 0 Å². The molecule has 4 aromatic rings. The van der Waals surface area contributed by atoms with Crippen molar-refractivity contribution in [2.45, 2.75) is 33.4 Å². The van der Waals surface area contributed by atoms with Crippen molar-refractivity contribution in [3.05, 3.63) is 101 Å². The van der Waals surface area contributed by atoms with E-state index in [2.05, 4.69) is 14.9 Å². The van der Waals surface area contributed by atoms with Crippen LogP contribution in [0.1, 0.15) is 30.0 Å². The average molecular weight is 522 g/mol. The van der Waals surface area contributed by atoms with Crippen LogP contribution in [0.3, 0.4) is 0 Å². The fourth-order valence-corrected chi connectivity index (χ4v) is 3.36. The summed E-state index contributed by atoms with van der Waals surface area (Å²) in [6.07, 6.45) is 5.22. The summed E-state index contributed by atoms with van der Waals surface area (Å²) in [5, 5.41) is 0. The third-order valence-corrected chi connectivity index (χ3v) is 5.40. The van der Waals surface area contributed by atoms with Gasteiger partial charge in [0.05, 0.1) is 5.56 Å². The molecule has 0 aliphatic carbocycles. The molecule has 0 saturated carbocycles. The lowest BCUT2D eigenvalue weighted by Crippen LogP contribution is -1.96. The van der Waals surface area contributed by atoms with E-state index in [1.54, 1.807) is 18.5 Å². The highest BCUT2D eigenvalue weighted by Gasteiger charge is 2.15. The van der Waals surface area contributed by atoms with Crippen molar-refractivity contribution in [3.63, 3.8) is 0 Å². The molecule has 0 fully saturated rings. The molecule has 0 bridgehead atoms. The van der Waals surface area contributed by atoms with Gasteiger partial charge in [0.2, 0.25) is 0 Å². The average Bonchev–Trinajstić information content (AvgIpc) is 2.87. The van der Waals surface area contributed by atoms with Crippen molar-refractivity contribution in [1.82, 2.24) is 9.97 Å². The number of hydrogen-bond donors (Lipinski definition) is 0. The number of rotatable bonds is 6. The lowest BCUT2D eigenvalue weighted by molar-refractivity contribution is -0.00694. The Kier molecular flexibility index (Phi) is 9.21. The molecule has 0 N–H and O–H groups in total. The van der Waals surface area contributed by atoms with Crippen molar-refractivity contribution in [2.75, 3.05) is 0 Å². The molecule has 0 radical (unpaired) electrons. The predicted molar refractivity (Wildman–Crippen MR) is 124 cm³/mol. The van der Waals surface area contributed by atoms with Gasteiger partial charge >= 0.3 is 0 Å². The largest absolute Gasteiger partial charge is 0.294 e. The van der Waals surface area contributed by atoms with Gasteiger partial charge in [0.25, 0.3) is 0 Å². The molecule has 3 aromatic carbocycles. The van der Waals surface area contributed by atoms with Gasteiger partial charge in [0, 0.05) is 45.7 Å². The van der Waals surface area contributed by atoms with Crippen molar-refractivity contribution in [1.29, 1.82) is 0 Å². The molecule has 1 heterocycles. The summed E-state index contributed by atoms with van der Waals surface area (Å²) in [7, 11) is 0. The minimum atomic E-state index is -1.26. The first-order valence-corrected chi connectivity index (χ1v) is 11.1. The van der Waals surface area contributed by atoms with Crippen LogP contribution in [0.15, 0.2) is 54.9 Å². The molecule has 0 spiro atoms. The van der Waals surface area contributed by atoms with Crippen LogP contribution in [0.5, 0.6) is 5.75 Å². The molecule has 3 nitrogen and oxygen atoms in total. The van der Waals surface area contributed by atoms with E-state index in [1.807, 2.05) is 6.92 Å². The van der Waals surface area contributed by atoms with Crippen molar-refractivity contribution >= 4 is 0 Å². The Balaban J connectivity index is 0.000000289. The summed E-state index contributed by atoms with van der Waals surface area (Å²) in [6.45, 7) is 2.05. The topological polar surface area (TPSA) is 35.0 Å². The van der Waals surface area contributed by atoms with Gasteiger partial charge in [-0.3, -0.25) is 4.94 Å². The maximum atomic E-state index is 14.5. The number of hydrogen-bond acceptors (Lipinski definition) is 3. The SMILES string of the molecule is CCCc1cnc(-c2ccc(-c3cc(F)c(CF)c(F)c3)c(F)c2)nc1.Cc1c(F)cc(OF)cc1F. The first-order valence-electron chi connectivity index (χ1n) is 11.1. The van der Waals surface area contributed by atoms with E-state index in [0.717, 1.165) is 42.7 Å². The molecule has 0 aliphatic rings. The molecule has 4 rings (SSSR count). The molecule has 37 heavy (non-hydrogen) atoms. The molecule has 194 valence electrons. The van der Waals surface area contributed by atoms with Crippen molar-refractivity contribution in [2.24, 2.45) is 0 Å². The Morgan fingerprint density at radius 1 is 0.757 bits per heavy atom. The van der Waals surface area contributed by atoms with Gasteiger partial charge < -0.3 is 0 Å². The van der Waals surface area contributed by atoms with Gasteiger partial charge in [0.1, 0.15) is 35.8 Å². The fourth-order valence-electron chi connectivity index (χ4n) is 3.36. The zero-order chi connectivity index (χ0) is 27.1. The Morgan fingerprint density at radius 2 is 1.32 bits per heavy atom. The monoisotopic (exact) mass is 522 g/mol. The Morgan fingerprint density at radius 3 is 1.81 bits per heavy atom. The van der Waals surface area contributed by atoms with E-state index in [9.17, 15) is 30.9 Å². The number of nitrogens with zero attached hydrogens (tertiary/aromatic N) is 2. The first-order chi connectivity index (χ1) is 17.7. The number of benzene rings is 3. The number of alkyl halides is 1. The summed E-state index contributed by atoms with van der Waals surface area (Å²) in [5.41, 5.74) is 0.653. The number of halogens is 7. The van der Waals surface area contributed by atoms with Crippen molar-refractivity contribution < 1.29 is 35.8 Å². The molecule has 10 heteroatoms. The smallest absolute Gasteiger partial charge is 0.177 e. The first kappa shape index (κ1) is 27.6. The van der Waals surface area contributed by atoms with Gasteiger partial charge in [0.15, 0.2) is 11.6 Å². The lowest BCUT2D eigenvalue weighted by Gasteiger charge is -2.09. The van der Waals surface area contributed by atoms with Gasteiger partial charge in [-0.2, -0.15) is 0 Å². The van der Waals surface area contributed by atoms with Crippen LogP contribution in [0, 0.1) is 36.0 Å². The highest BCUT2D eigenvalue weighted by molar-refractivity contribution is 5.69. The summed E-state index contributed by atoms with van der Waals surface area (Å²) in [4.78, 5) is 11.6. The third-order valence-electron chi connectivity index (χ3n) is 5.40. The third kappa shape index (κ3) is 6.63. The zero-order valence-corrected chi connectivity index (χ0v) is 19.8. The van der Waals surface area contributed by atoms with Crippen LogP contribution in [-0.4, -0.2) is 9.97 Å². The predicted octanol–water partition coefficient (Wildman–Crippen LogP) is 8.19. The second-order valence-corrected chi connectivity index (χ2v) is 8.00. The van der Waals surface area contributed by atoms with Crippen LogP contribution in [0.25, 0.3) is 22.5 Å². The normalized spacial score (nSPS) is 10.6. The number of aromatic nitrogens is 2. The van der Waals surface area contributed by atoms with E-state index >= 15 is 0 Å². The molecule has 0 atom stereocenters. The highest BCUT2D eigenvalue weighted by atomic mass is 19.3. The molecule has 0 amide bonds. The minimum absolute atomic E-state index is 0.000428. The van der Waals surface area contributed by atoms with Gasteiger partial charge in [-0.05, 0) is 42.7 Å². The molecular formula is C27H21F7N2O. The lowest BCUT2D eigenvalue weighted by atomic mass is 10.0. The van der Waals surface area contributed by atoms with E-state index in [-0.39, 0.29) is 16.7 Å². The van der Waals surface area contributed by atoms with Crippen LogP contribution in [0.4, 0.5) is 30.9 Å². The quantitative estimate of drug-likeness (QED) is 0.240. The molecule has 0 unspecified atom stereocenters. The van der Waals surface area contributed by atoms with Crippen molar-refractivity contribution in [3.8, 4) is 28.3 Å². The summed E-state index contributed by atoms with van der Waals surface area (Å²) in [6, 6.07) is 7.58. The minimum Gasteiger partial charge on any atom is -0.294 e. The standard InChI is InChI=1S/C20H16F4N2.C7H5F3O/c1-2-3-12-10-25-20(26-11-12)13-4-5-15(17(22)6-13)14-7-18(23)16(9-21)19(24)8-14;1-4-6(8)2-5(11-10)3-7(4)9/h4-8,10-11H,2-3,9H2,1H3;2-3H,1H3. The number of aryl methyl sites for hydroxylation is 1. The van der Waals surface area contributed by atoms with E-state index in [4.69, 9.17) is 0 Å². The van der Waals surface area contributed by atoms with E-state index in [1.165, 1.54) is 19.1 Å². The second-order valence-electron chi connectivity index (χ2n) is 8.00. The van der Waals surface area contributed by atoms with Gasteiger partial charge in [-0.15, -0.1) is 0 Å². The summed E-state index contributed by atoms with van der Waals surface area (Å²) < 4.78 is 91.1. The molecular weight excluding hydrogens is 501 g/mol. The molecule has 0 saturated heterocycles. The fraction of sp³-hybridized carbons (Fsp3) is 0.185. The summed E-state index contributed by atoms with van der Waals surface area (Å²) in [5.74, 6) is -4.50. The Hall–Kier alpha value is -3.95. The Labute approximate surface area is 208 Å². The maximum absolute atomic E-state index is 14.5. The van der Waals surface area contributed by atoms with Gasteiger partial charge in [-0.1, -0.05) is 25.5 Å². The van der Waals surface area contributed by atoms with E-state index < -0.39 is 47.1 Å². The zero-order valence-electron chi connectivity index (χ0n) is 19.8. The van der Waals surface area contributed by atoms with Crippen LogP contribution in [-0.2, 0) is 13.1 Å². The van der Waals surface area contributed by atoms with Gasteiger partial charge in [-0.25, -0.2) is 36.3 Å². The van der Waals surface area contributed by atoms with Crippen LogP contribution < -0.4 is 4.94 Å². The molecule has 0 aliphatic heterocycles.